The molecule has 138 valence electrons. The van der Waals surface area contributed by atoms with Gasteiger partial charge in [0, 0.05) is 13.7 Å². The molecule has 0 unspecified atom stereocenters. The minimum absolute atomic E-state index is 0.775. The maximum atomic E-state index is 5.88. The van der Waals surface area contributed by atoms with Gasteiger partial charge in [0.15, 0.2) is 0 Å². The fraction of sp³-hybridized carbons (Fsp3) is 0.545. The third kappa shape index (κ3) is 7.35. The Kier molecular flexibility index (Phi) is 9.21. The molecule has 0 bridgehead atoms. The largest absolute Gasteiger partial charge is 0.494 e. The van der Waals surface area contributed by atoms with Crippen molar-refractivity contribution in [1.82, 2.24) is 0 Å². The zero-order chi connectivity index (χ0) is 17.7. The van der Waals surface area contributed by atoms with Crippen molar-refractivity contribution in [1.29, 1.82) is 0 Å². The van der Waals surface area contributed by atoms with E-state index in [9.17, 15) is 0 Å². The maximum absolute atomic E-state index is 5.88. The molecule has 0 aromatic heterocycles. The minimum Gasteiger partial charge on any atom is -0.494 e. The first kappa shape index (κ1) is 19.6. The van der Waals surface area contributed by atoms with Gasteiger partial charge in [0.2, 0.25) is 0 Å². The predicted octanol–water partition coefficient (Wildman–Crippen LogP) is 5.99. The van der Waals surface area contributed by atoms with Gasteiger partial charge in [-0.2, -0.15) is 0 Å². The lowest BCUT2D eigenvalue weighted by Gasteiger charge is -2.09. The summed E-state index contributed by atoms with van der Waals surface area (Å²) in [6, 6.07) is 12.5. The molecule has 0 N–H and O–H groups in total. The zero-order valence-corrected chi connectivity index (χ0v) is 15.8. The summed E-state index contributed by atoms with van der Waals surface area (Å²) in [6.07, 6.45) is 8.18. The molecule has 3 heteroatoms. The Morgan fingerprint density at radius 1 is 0.640 bits per heavy atom. The molecule has 0 saturated heterocycles. The van der Waals surface area contributed by atoms with Crippen LogP contribution in [0.3, 0.4) is 0 Å². The fourth-order valence-corrected chi connectivity index (χ4v) is 2.82. The number of methoxy groups -OCH3 is 1. The van der Waals surface area contributed by atoms with E-state index >= 15 is 0 Å². The summed E-state index contributed by atoms with van der Waals surface area (Å²) in [4.78, 5) is 0. The van der Waals surface area contributed by atoms with E-state index in [1.54, 1.807) is 7.11 Å². The van der Waals surface area contributed by atoms with Crippen molar-refractivity contribution in [3.05, 3.63) is 36.4 Å². The number of hydrogen-bond acceptors (Lipinski definition) is 3. The van der Waals surface area contributed by atoms with E-state index in [2.05, 4.69) is 31.2 Å². The normalized spacial score (nSPS) is 11.0. The highest BCUT2D eigenvalue weighted by Gasteiger charge is 2.01. The van der Waals surface area contributed by atoms with Gasteiger partial charge < -0.3 is 14.2 Å². The van der Waals surface area contributed by atoms with Gasteiger partial charge in [-0.15, -0.1) is 0 Å². The van der Waals surface area contributed by atoms with Crippen molar-refractivity contribution >= 4 is 10.8 Å². The third-order valence-electron chi connectivity index (χ3n) is 4.31. The Morgan fingerprint density at radius 2 is 1.16 bits per heavy atom. The average Bonchev–Trinajstić information content (AvgIpc) is 2.64. The van der Waals surface area contributed by atoms with Gasteiger partial charge in [0.05, 0.1) is 13.2 Å². The van der Waals surface area contributed by atoms with Crippen molar-refractivity contribution in [3.63, 3.8) is 0 Å². The van der Waals surface area contributed by atoms with Crippen LogP contribution in [-0.2, 0) is 4.74 Å². The monoisotopic (exact) mass is 344 g/mol. The Bertz CT molecular complexity index is 609. The third-order valence-corrected chi connectivity index (χ3v) is 4.31. The van der Waals surface area contributed by atoms with Crippen LogP contribution >= 0.6 is 0 Å². The quantitative estimate of drug-likeness (QED) is 0.417. The van der Waals surface area contributed by atoms with Gasteiger partial charge >= 0.3 is 0 Å². The summed E-state index contributed by atoms with van der Waals surface area (Å²) in [6.45, 7) is 4.63. The van der Waals surface area contributed by atoms with Crippen LogP contribution in [-0.4, -0.2) is 26.9 Å². The molecule has 0 amide bonds. The Labute approximate surface area is 152 Å². The molecule has 0 fully saturated rings. The Morgan fingerprint density at radius 3 is 1.68 bits per heavy atom. The molecule has 0 aliphatic heterocycles. The van der Waals surface area contributed by atoms with Crippen molar-refractivity contribution in [2.24, 2.45) is 0 Å². The van der Waals surface area contributed by atoms with Gasteiger partial charge in [-0.05, 0) is 60.7 Å². The average molecular weight is 344 g/mol. The SMILES string of the molecule is CCCCCOc1ccc2cc(OCCCCCCOC)ccc2c1. The summed E-state index contributed by atoms with van der Waals surface area (Å²) in [5.41, 5.74) is 0. The van der Waals surface area contributed by atoms with E-state index in [1.165, 1.54) is 36.5 Å². The molecule has 0 heterocycles. The van der Waals surface area contributed by atoms with Crippen LogP contribution in [0.15, 0.2) is 36.4 Å². The highest BCUT2D eigenvalue weighted by molar-refractivity contribution is 5.85. The molecular weight excluding hydrogens is 312 g/mol. The maximum Gasteiger partial charge on any atom is 0.119 e. The second-order valence-corrected chi connectivity index (χ2v) is 6.48. The molecule has 0 radical (unpaired) electrons. The smallest absolute Gasteiger partial charge is 0.119 e. The first-order valence-electron chi connectivity index (χ1n) is 9.62. The first-order chi connectivity index (χ1) is 12.3. The molecule has 2 aromatic carbocycles. The van der Waals surface area contributed by atoms with E-state index < -0.39 is 0 Å². The van der Waals surface area contributed by atoms with Gasteiger partial charge in [-0.25, -0.2) is 0 Å². The van der Waals surface area contributed by atoms with Gasteiger partial charge in [-0.3, -0.25) is 0 Å². The highest BCUT2D eigenvalue weighted by Crippen LogP contribution is 2.25. The summed E-state index contributed by atoms with van der Waals surface area (Å²) in [7, 11) is 1.75. The molecular formula is C22H32O3. The summed E-state index contributed by atoms with van der Waals surface area (Å²) in [5.74, 6) is 1.90. The van der Waals surface area contributed by atoms with Gasteiger partial charge in [-0.1, -0.05) is 38.3 Å². The second kappa shape index (κ2) is 11.8. The number of fused-ring (bicyclic) bond motifs is 1. The van der Waals surface area contributed by atoms with Crippen molar-refractivity contribution in [2.75, 3.05) is 26.9 Å². The topological polar surface area (TPSA) is 27.7 Å². The lowest BCUT2D eigenvalue weighted by Crippen LogP contribution is -1.98. The minimum atomic E-state index is 0.775. The van der Waals surface area contributed by atoms with Crippen LogP contribution in [0, 0.1) is 0 Å². The van der Waals surface area contributed by atoms with E-state index in [1.807, 2.05) is 12.1 Å². The zero-order valence-electron chi connectivity index (χ0n) is 15.8. The lowest BCUT2D eigenvalue weighted by molar-refractivity contribution is 0.191. The van der Waals surface area contributed by atoms with Gasteiger partial charge in [0.1, 0.15) is 11.5 Å². The van der Waals surface area contributed by atoms with E-state index in [0.717, 1.165) is 50.6 Å². The Hall–Kier alpha value is -1.74. The molecule has 3 nitrogen and oxygen atoms in total. The Balaban J connectivity index is 1.77. The van der Waals surface area contributed by atoms with Crippen molar-refractivity contribution in [2.45, 2.75) is 51.9 Å². The summed E-state index contributed by atoms with van der Waals surface area (Å²) >= 11 is 0. The molecule has 2 rings (SSSR count). The predicted molar refractivity (Wildman–Crippen MR) is 105 cm³/mol. The number of hydrogen-bond donors (Lipinski definition) is 0. The molecule has 25 heavy (non-hydrogen) atoms. The van der Waals surface area contributed by atoms with E-state index in [0.29, 0.717) is 0 Å². The fourth-order valence-electron chi connectivity index (χ4n) is 2.82. The van der Waals surface area contributed by atoms with Crippen LogP contribution in [0.5, 0.6) is 11.5 Å². The van der Waals surface area contributed by atoms with Crippen LogP contribution < -0.4 is 9.47 Å². The summed E-state index contributed by atoms with van der Waals surface area (Å²) in [5, 5.41) is 2.39. The first-order valence-corrected chi connectivity index (χ1v) is 9.62. The van der Waals surface area contributed by atoms with Crippen LogP contribution in [0.25, 0.3) is 10.8 Å². The van der Waals surface area contributed by atoms with Gasteiger partial charge in [0.25, 0.3) is 0 Å². The van der Waals surface area contributed by atoms with Crippen molar-refractivity contribution < 1.29 is 14.2 Å². The highest BCUT2D eigenvalue weighted by atomic mass is 16.5. The second-order valence-electron chi connectivity index (χ2n) is 6.48. The molecule has 0 atom stereocenters. The molecule has 2 aromatic rings. The molecule has 0 aliphatic carbocycles. The van der Waals surface area contributed by atoms with E-state index in [4.69, 9.17) is 14.2 Å². The van der Waals surface area contributed by atoms with Crippen molar-refractivity contribution in [3.8, 4) is 11.5 Å². The number of benzene rings is 2. The standard InChI is InChI=1S/C22H32O3/c1-3-4-7-15-24-21-12-10-20-18-22(13-11-19(20)17-21)25-16-9-6-5-8-14-23-2/h10-13,17-18H,3-9,14-16H2,1-2H3. The van der Waals surface area contributed by atoms with Crippen LogP contribution in [0.2, 0.25) is 0 Å². The number of ether oxygens (including phenoxy) is 3. The van der Waals surface area contributed by atoms with E-state index in [-0.39, 0.29) is 0 Å². The number of unbranched alkanes of at least 4 members (excludes halogenated alkanes) is 5. The van der Waals surface area contributed by atoms with Crippen LogP contribution in [0.4, 0.5) is 0 Å². The molecule has 0 saturated carbocycles. The molecule has 0 aliphatic rings. The summed E-state index contributed by atoms with van der Waals surface area (Å²) < 4.78 is 16.8. The lowest BCUT2D eigenvalue weighted by atomic mass is 10.1. The van der Waals surface area contributed by atoms with Crippen LogP contribution in [0.1, 0.15) is 51.9 Å². The number of rotatable bonds is 13. The molecule has 0 spiro atoms.